The second-order valence-corrected chi connectivity index (χ2v) is 8.42. The normalized spacial score (nSPS) is 16.1. The number of aryl methyl sites for hydroxylation is 2. The monoisotopic (exact) mass is 392 g/mol. The van der Waals surface area contributed by atoms with Gasteiger partial charge in [-0.25, -0.2) is 0 Å². The lowest BCUT2D eigenvalue weighted by Crippen LogP contribution is -2.74. The van der Waals surface area contributed by atoms with Gasteiger partial charge in [0.15, 0.2) is 22.6 Å². The minimum absolute atomic E-state index is 0.636. The Morgan fingerprint density at radius 2 is 1.03 bits per heavy atom. The summed E-state index contributed by atoms with van der Waals surface area (Å²) in [5.74, 6) is 4.92. The zero-order valence-corrected chi connectivity index (χ0v) is 16.4. The van der Waals surface area contributed by atoms with Crippen LogP contribution in [-0.4, -0.2) is 0 Å². The lowest BCUT2D eigenvalue weighted by molar-refractivity contribution is -0.943. The van der Waals surface area contributed by atoms with Crippen LogP contribution in [0.1, 0.15) is 22.3 Å². The van der Waals surface area contributed by atoms with Crippen LogP contribution in [0.25, 0.3) is 11.4 Å². The smallest absolute Gasteiger partial charge is 0.437 e. The van der Waals surface area contributed by atoms with Crippen molar-refractivity contribution in [2.45, 2.75) is 19.5 Å². The molecule has 0 saturated carbocycles. The maximum absolute atomic E-state index is 6.46. The molecule has 0 amide bonds. The largest absolute Gasteiger partial charge is 0.455 e. The Hall–Kier alpha value is -3.86. The van der Waals surface area contributed by atoms with Crippen molar-refractivity contribution in [1.29, 1.82) is 0 Å². The van der Waals surface area contributed by atoms with Gasteiger partial charge >= 0.3 is 17.4 Å². The molecule has 0 saturated heterocycles. The van der Waals surface area contributed by atoms with Gasteiger partial charge in [-0.15, -0.1) is 0 Å². The van der Waals surface area contributed by atoms with Crippen molar-refractivity contribution >= 4 is 0 Å². The summed E-state index contributed by atoms with van der Waals surface area (Å²) < 4.78 is 23.9. The summed E-state index contributed by atoms with van der Waals surface area (Å²) in [7, 11) is 0. The van der Waals surface area contributed by atoms with Crippen molar-refractivity contribution in [2.24, 2.45) is 0 Å². The predicted molar refractivity (Wildman–Crippen MR) is 106 cm³/mol. The van der Waals surface area contributed by atoms with E-state index in [1.165, 1.54) is 0 Å². The van der Waals surface area contributed by atoms with Gasteiger partial charge < -0.3 is 14.2 Å². The first-order chi connectivity index (χ1) is 14.7. The van der Waals surface area contributed by atoms with Crippen LogP contribution in [-0.2, 0) is 5.66 Å². The zero-order chi connectivity index (χ0) is 19.8. The van der Waals surface area contributed by atoms with Gasteiger partial charge in [-0.3, -0.25) is 0 Å². The molecule has 8 rings (SSSR count). The van der Waals surface area contributed by atoms with E-state index in [2.05, 4.69) is 47.2 Å². The Bertz CT molecular complexity index is 1390. The molecule has 0 N–H and O–H groups in total. The predicted octanol–water partition coefficient (Wildman–Crippen LogP) is 4.47. The molecular weight excluding hydrogens is 376 g/mol. The summed E-state index contributed by atoms with van der Waals surface area (Å²) in [6, 6.07) is 20.8. The van der Waals surface area contributed by atoms with E-state index in [4.69, 9.17) is 14.2 Å². The molecule has 5 nitrogen and oxygen atoms in total. The fraction of sp³-hybridized carbons (Fsp3) is 0.120. The van der Waals surface area contributed by atoms with Crippen LogP contribution in [0.15, 0.2) is 60.7 Å². The van der Waals surface area contributed by atoms with E-state index in [9.17, 15) is 0 Å². The van der Waals surface area contributed by atoms with E-state index in [0.717, 1.165) is 68.4 Å². The van der Waals surface area contributed by atoms with E-state index in [1.54, 1.807) is 0 Å². The highest BCUT2D eigenvalue weighted by atomic mass is 16.5. The van der Waals surface area contributed by atoms with Gasteiger partial charge in [-0.2, -0.15) is 0 Å². The van der Waals surface area contributed by atoms with Crippen molar-refractivity contribution in [3.05, 3.63) is 82.9 Å². The molecule has 0 fully saturated rings. The molecule has 0 atom stereocenters. The number of benzene rings is 2. The van der Waals surface area contributed by atoms with E-state index in [-0.39, 0.29) is 0 Å². The fourth-order valence-electron chi connectivity index (χ4n) is 5.66. The van der Waals surface area contributed by atoms with Crippen LogP contribution >= 0.6 is 0 Å². The Morgan fingerprint density at radius 3 is 1.50 bits per heavy atom. The summed E-state index contributed by atoms with van der Waals surface area (Å²) in [5, 5.41) is 0. The average Bonchev–Trinajstić information content (AvgIpc) is 3.00. The number of fused-ring (bicyclic) bond motifs is 1. The minimum atomic E-state index is -0.636. The van der Waals surface area contributed by atoms with Gasteiger partial charge in [0.05, 0.1) is 12.1 Å². The number of pyridine rings is 2. The molecule has 0 bridgehead atoms. The van der Waals surface area contributed by atoms with Crippen LogP contribution in [0.3, 0.4) is 0 Å². The highest BCUT2D eigenvalue weighted by Gasteiger charge is 2.75. The molecule has 0 aliphatic carbocycles. The molecule has 6 heterocycles. The Morgan fingerprint density at radius 1 is 0.600 bits per heavy atom. The highest BCUT2D eigenvalue weighted by molar-refractivity contribution is 5.68. The Labute approximate surface area is 172 Å². The molecule has 0 unspecified atom stereocenters. The summed E-state index contributed by atoms with van der Waals surface area (Å²) in [6.07, 6.45) is 0. The maximum Gasteiger partial charge on any atom is 0.437 e. The van der Waals surface area contributed by atoms with E-state index >= 15 is 0 Å². The van der Waals surface area contributed by atoms with E-state index < -0.39 is 5.66 Å². The SMILES string of the molecule is Cc1cc2[n+]3c(c1)-c1cc(C)cc4[n+]1C31c3c(cccc3O2)Oc2cccc(c21)O4. The topological polar surface area (TPSA) is 35.5 Å². The van der Waals surface area contributed by atoms with Gasteiger partial charge in [0.25, 0.3) is 11.4 Å². The zero-order valence-electron chi connectivity index (χ0n) is 16.4. The van der Waals surface area contributed by atoms with Gasteiger partial charge in [0.2, 0.25) is 0 Å². The number of nitrogens with zero attached hydrogens (tertiary/aromatic N) is 2. The van der Waals surface area contributed by atoms with Gasteiger partial charge in [0, 0.05) is 12.1 Å². The van der Waals surface area contributed by atoms with Crippen LogP contribution in [0.4, 0.5) is 0 Å². The second-order valence-electron chi connectivity index (χ2n) is 8.42. The molecule has 1 spiro atoms. The third-order valence-electron chi connectivity index (χ3n) is 6.59. The number of ether oxygens (including phenoxy) is 3. The number of hydrogen-bond donors (Lipinski definition) is 0. The van der Waals surface area contributed by atoms with Crippen molar-refractivity contribution in [3.63, 3.8) is 0 Å². The summed E-state index contributed by atoms with van der Waals surface area (Å²) in [6.45, 7) is 4.22. The third kappa shape index (κ3) is 1.40. The molecule has 2 aromatic heterocycles. The molecule has 0 radical (unpaired) electrons. The molecule has 5 heteroatoms. The van der Waals surface area contributed by atoms with Crippen LogP contribution < -0.4 is 23.3 Å². The fourth-order valence-corrected chi connectivity index (χ4v) is 5.66. The quantitative estimate of drug-likeness (QED) is 0.357. The molecular formula is C25H16N2O3+2. The van der Waals surface area contributed by atoms with Crippen LogP contribution in [0.2, 0.25) is 0 Å². The van der Waals surface area contributed by atoms with Gasteiger partial charge in [-0.1, -0.05) is 21.3 Å². The average molecular weight is 392 g/mol. The molecule has 30 heavy (non-hydrogen) atoms. The first-order valence-corrected chi connectivity index (χ1v) is 10.1. The number of rotatable bonds is 0. The Balaban J connectivity index is 1.71. The third-order valence-corrected chi connectivity index (χ3v) is 6.59. The van der Waals surface area contributed by atoms with Crippen molar-refractivity contribution in [1.82, 2.24) is 0 Å². The summed E-state index contributed by atoms with van der Waals surface area (Å²) >= 11 is 0. The Kier molecular flexibility index (Phi) is 2.25. The van der Waals surface area contributed by atoms with Crippen molar-refractivity contribution in [2.75, 3.05) is 0 Å². The van der Waals surface area contributed by atoms with Crippen molar-refractivity contribution in [3.8, 4) is 46.1 Å². The molecule has 4 aliphatic heterocycles. The number of aromatic nitrogens is 2. The second kappa shape index (κ2) is 4.49. The lowest BCUT2D eigenvalue weighted by Gasteiger charge is -2.35. The van der Waals surface area contributed by atoms with Gasteiger partial charge in [-0.05, 0) is 49.2 Å². The standard InChI is InChI=1S/C25H16N2O3/c1-13-9-15-16-10-14(2)12-22-27(16)25-23-17(28-18-6-4-8-20(30-22)24(18)25)5-3-7-19(23)29-21(11-13)26(15)25/h3-12H,1-2H3/q+2. The van der Waals surface area contributed by atoms with Crippen molar-refractivity contribution < 1.29 is 23.3 Å². The molecule has 142 valence electrons. The van der Waals surface area contributed by atoms with E-state index in [1.807, 2.05) is 36.4 Å². The first kappa shape index (κ1) is 15.0. The van der Waals surface area contributed by atoms with Crippen LogP contribution in [0, 0.1) is 13.8 Å². The maximum atomic E-state index is 6.46. The lowest BCUT2D eigenvalue weighted by atomic mass is 9.84. The van der Waals surface area contributed by atoms with Crippen LogP contribution in [0.5, 0.6) is 34.8 Å². The highest BCUT2D eigenvalue weighted by Crippen LogP contribution is 2.59. The summed E-state index contributed by atoms with van der Waals surface area (Å²) in [4.78, 5) is 0. The number of hydrogen-bond acceptors (Lipinski definition) is 3. The minimum Gasteiger partial charge on any atom is -0.455 e. The molecule has 2 aromatic carbocycles. The first-order valence-electron chi connectivity index (χ1n) is 10.1. The molecule has 4 aromatic rings. The summed E-state index contributed by atoms with van der Waals surface area (Å²) in [5.41, 5.74) is 5.94. The molecule has 4 aliphatic rings. The van der Waals surface area contributed by atoms with E-state index in [0.29, 0.717) is 0 Å². The van der Waals surface area contributed by atoms with Gasteiger partial charge in [0.1, 0.15) is 11.5 Å².